The lowest BCUT2D eigenvalue weighted by Gasteiger charge is -1.93. The van der Waals surface area contributed by atoms with E-state index in [0.717, 1.165) is 12.1 Å². The highest BCUT2D eigenvalue weighted by molar-refractivity contribution is 7.14. The zero-order valence-corrected chi connectivity index (χ0v) is 12.0. The molecule has 2 rings (SSSR count). The Hall–Kier alpha value is -1.35. The van der Waals surface area contributed by atoms with Gasteiger partial charge in [-0.25, -0.2) is 4.45 Å². The van der Waals surface area contributed by atoms with Crippen LogP contribution in [0.25, 0.3) is 5.57 Å². The Balaban J connectivity index is 0.000000471. The normalized spacial score (nSPS) is 16.8. The van der Waals surface area contributed by atoms with E-state index in [4.69, 9.17) is 5.73 Å². The lowest BCUT2D eigenvalue weighted by molar-refractivity contribution is -0.128. The predicted molar refractivity (Wildman–Crippen MR) is 82.5 cm³/mol. The van der Waals surface area contributed by atoms with Gasteiger partial charge in [-0.1, -0.05) is 20.4 Å². The summed E-state index contributed by atoms with van der Waals surface area (Å²) < 4.78 is 5.79. The molecule has 1 aliphatic carbocycles. The molecule has 0 saturated heterocycles. The van der Waals surface area contributed by atoms with Gasteiger partial charge in [0.15, 0.2) is 0 Å². The van der Waals surface area contributed by atoms with Gasteiger partial charge in [0.1, 0.15) is 5.82 Å². The van der Waals surface area contributed by atoms with Crippen LogP contribution < -0.4 is 5.73 Å². The lowest BCUT2D eigenvalue weighted by Crippen LogP contribution is -1.90. The van der Waals surface area contributed by atoms with Gasteiger partial charge in [-0.2, -0.15) is 5.10 Å². The third-order valence-corrected chi connectivity index (χ3v) is 3.10. The van der Waals surface area contributed by atoms with Crippen molar-refractivity contribution in [2.75, 3.05) is 12.3 Å². The minimum Gasteiger partial charge on any atom is -0.468 e. The van der Waals surface area contributed by atoms with E-state index in [-0.39, 0.29) is 7.43 Å². The highest BCUT2D eigenvalue weighted by Gasteiger charge is 2.15. The number of hydrogen-bond donors (Lipinski definition) is 1. The maximum Gasteiger partial charge on any atom is 0.293 e. The Morgan fingerprint density at radius 1 is 1.68 bits per heavy atom. The fraction of sp³-hybridized carbons (Fsp3) is 0.538. The second-order valence-corrected chi connectivity index (χ2v) is 4.65. The number of nitrogens with zero attached hydrogens (tertiary/aromatic N) is 2. The zero-order chi connectivity index (χ0) is 13.5. The summed E-state index contributed by atoms with van der Waals surface area (Å²) in [5.41, 5.74) is 8.05. The number of rotatable bonds is 3. The first-order chi connectivity index (χ1) is 8.58. The molecule has 0 fully saturated rings. The van der Waals surface area contributed by atoms with Crippen LogP contribution in [0.2, 0.25) is 0 Å². The monoisotopic (exact) mass is 285 g/mol. The summed E-state index contributed by atoms with van der Waals surface area (Å²) in [6.45, 7) is 4.89. The first-order valence-electron chi connectivity index (χ1n) is 5.95. The standard InChI is InChI=1S/C9H14N3P.C3H6O2.CH4/c1-6-2-3-7(4-6)8-5-9(10)12(13)11-8;1-2-5-3-4;/h4-6H,2-3,10,13H2,1H3;3H,2H2,1H3;1H4. The van der Waals surface area contributed by atoms with Crippen LogP contribution in [0.15, 0.2) is 12.1 Å². The minimum atomic E-state index is 0. The van der Waals surface area contributed by atoms with Gasteiger partial charge in [0.2, 0.25) is 0 Å². The highest BCUT2D eigenvalue weighted by Crippen LogP contribution is 2.31. The van der Waals surface area contributed by atoms with E-state index in [1.807, 2.05) is 6.07 Å². The van der Waals surface area contributed by atoms with E-state index in [9.17, 15) is 4.79 Å². The minimum absolute atomic E-state index is 0. The van der Waals surface area contributed by atoms with E-state index in [0.29, 0.717) is 24.8 Å². The van der Waals surface area contributed by atoms with Crippen LogP contribution in [-0.2, 0) is 9.53 Å². The topological polar surface area (TPSA) is 70.1 Å². The van der Waals surface area contributed by atoms with E-state index in [2.05, 4.69) is 32.2 Å². The number of anilines is 1. The lowest BCUT2D eigenvalue weighted by atomic mass is 10.2. The van der Waals surface area contributed by atoms with Gasteiger partial charge < -0.3 is 10.5 Å². The molecule has 0 aliphatic heterocycles. The molecule has 0 amide bonds. The molecule has 0 bridgehead atoms. The van der Waals surface area contributed by atoms with Gasteiger partial charge in [0.25, 0.3) is 6.47 Å². The maximum absolute atomic E-state index is 9.18. The number of ether oxygens (including phenoxy) is 1. The largest absolute Gasteiger partial charge is 0.468 e. The molecular weight excluding hydrogens is 261 g/mol. The molecule has 1 heterocycles. The number of carbonyl (C=O) groups is 1. The van der Waals surface area contributed by atoms with Crippen LogP contribution in [0.5, 0.6) is 0 Å². The number of hydrogen-bond acceptors (Lipinski definition) is 4. The predicted octanol–water partition coefficient (Wildman–Crippen LogP) is 2.73. The Morgan fingerprint density at radius 3 is 2.68 bits per heavy atom. The quantitative estimate of drug-likeness (QED) is 0.684. The molecule has 6 heteroatoms. The summed E-state index contributed by atoms with van der Waals surface area (Å²) in [5, 5.41) is 4.31. The van der Waals surface area contributed by atoms with Crippen molar-refractivity contribution in [1.29, 1.82) is 0 Å². The molecule has 0 saturated carbocycles. The Labute approximate surface area is 117 Å². The molecule has 1 aromatic rings. The number of nitrogens with two attached hydrogens (primary N) is 1. The smallest absolute Gasteiger partial charge is 0.293 e. The molecule has 0 spiro atoms. The van der Waals surface area contributed by atoms with Gasteiger partial charge in [-0.15, -0.1) is 0 Å². The van der Waals surface area contributed by atoms with Crippen molar-refractivity contribution in [3.63, 3.8) is 0 Å². The van der Waals surface area contributed by atoms with Gasteiger partial charge in [0, 0.05) is 6.07 Å². The molecule has 1 aliphatic rings. The average Bonchev–Trinajstić information content (AvgIpc) is 2.89. The highest BCUT2D eigenvalue weighted by atomic mass is 31.0. The summed E-state index contributed by atoms with van der Waals surface area (Å²) in [6.07, 6.45) is 4.65. The van der Waals surface area contributed by atoms with Crippen LogP contribution in [0.1, 0.15) is 39.8 Å². The molecule has 1 aromatic heterocycles. The maximum atomic E-state index is 9.18. The van der Waals surface area contributed by atoms with Crippen LogP contribution in [-0.4, -0.2) is 22.6 Å². The number of aromatic nitrogens is 2. The third kappa shape index (κ3) is 5.43. The van der Waals surface area contributed by atoms with Gasteiger partial charge in [-0.05, 0) is 40.6 Å². The van der Waals surface area contributed by atoms with Crippen molar-refractivity contribution in [3.05, 3.63) is 17.8 Å². The van der Waals surface area contributed by atoms with Gasteiger partial charge >= 0.3 is 0 Å². The van der Waals surface area contributed by atoms with Crippen molar-refractivity contribution in [2.24, 2.45) is 5.92 Å². The van der Waals surface area contributed by atoms with E-state index in [1.165, 1.54) is 12.0 Å². The SMILES string of the molecule is C.CC1C=C(c2cc(N)n(P)n2)CC1.CCOC=O. The zero-order valence-electron chi connectivity index (χ0n) is 10.8. The van der Waals surface area contributed by atoms with Gasteiger partial charge in [0.05, 0.1) is 12.3 Å². The Morgan fingerprint density at radius 2 is 2.37 bits per heavy atom. The molecule has 0 radical (unpaired) electrons. The molecule has 2 atom stereocenters. The molecule has 19 heavy (non-hydrogen) atoms. The van der Waals surface area contributed by atoms with E-state index >= 15 is 0 Å². The molecule has 108 valence electrons. The van der Waals surface area contributed by atoms with Crippen LogP contribution >= 0.6 is 9.39 Å². The second kappa shape index (κ2) is 8.70. The Bertz CT molecular complexity index is 410. The molecule has 2 unspecified atom stereocenters. The Kier molecular flexibility index (Phi) is 8.08. The molecule has 2 N–H and O–H groups in total. The van der Waals surface area contributed by atoms with Gasteiger partial charge in [-0.3, -0.25) is 4.79 Å². The summed E-state index contributed by atoms with van der Waals surface area (Å²) >= 11 is 0. The summed E-state index contributed by atoms with van der Waals surface area (Å²) in [5.74, 6) is 1.38. The number of carbonyl (C=O) groups excluding carboxylic acids is 1. The molecule has 0 aromatic carbocycles. The number of nitrogen functional groups attached to an aromatic ring is 1. The van der Waals surface area contributed by atoms with Crippen LogP contribution in [0.3, 0.4) is 0 Å². The van der Waals surface area contributed by atoms with Crippen molar-refractivity contribution in [2.45, 2.75) is 34.1 Å². The van der Waals surface area contributed by atoms with Crippen molar-refractivity contribution in [3.8, 4) is 0 Å². The first-order valence-corrected chi connectivity index (χ1v) is 6.47. The van der Waals surface area contributed by atoms with E-state index in [1.54, 1.807) is 11.4 Å². The van der Waals surface area contributed by atoms with Crippen LogP contribution in [0, 0.1) is 5.92 Å². The first kappa shape index (κ1) is 17.6. The summed E-state index contributed by atoms with van der Waals surface area (Å²) in [7, 11) is 2.48. The molecular formula is C13H24N3O2P. The number of allylic oxidation sites excluding steroid dienone is 2. The van der Waals surface area contributed by atoms with Crippen molar-refractivity contribution >= 4 is 27.3 Å². The molecule has 5 nitrogen and oxygen atoms in total. The fourth-order valence-electron chi connectivity index (χ4n) is 1.74. The van der Waals surface area contributed by atoms with E-state index < -0.39 is 0 Å². The average molecular weight is 285 g/mol. The fourth-order valence-corrected chi connectivity index (χ4v) is 1.94. The second-order valence-electron chi connectivity index (χ2n) is 4.16. The van der Waals surface area contributed by atoms with Crippen molar-refractivity contribution in [1.82, 2.24) is 9.55 Å². The van der Waals surface area contributed by atoms with Crippen molar-refractivity contribution < 1.29 is 9.53 Å². The summed E-state index contributed by atoms with van der Waals surface area (Å²) in [6, 6.07) is 1.93. The summed E-state index contributed by atoms with van der Waals surface area (Å²) in [4.78, 5) is 9.18. The third-order valence-electron chi connectivity index (χ3n) is 2.68. The van der Waals surface area contributed by atoms with Crippen LogP contribution in [0.4, 0.5) is 5.82 Å².